The van der Waals surface area contributed by atoms with Crippen LogP contribution in [0.25, 0.3) is 0 Å². The minimum Gasteiger partial charge on any atom is -0.431 e. The molecule has 2 rings (SSSR count). The van der Waals surface area contributed by atoms with E-state index >= 15 is 0 Å². The van der Waals surface area contributed by atoms with Crippen LogP contribution in [0.15, 0.2) is 28.2 Å². The number of benzene rings is 1. The van der Waals surface area contributed by atoms with Crippen LogP contribution in [0.3, 0.4) is 0 Å². The summed E-state index contributed by atoms with van der Waals surface area (Å²) < 4.78 is 19.1. The third kappa shape index (κ3) is 2.45. The molecule has 0 radical (unpaired) electrons. The molecule has 15 heavy (non-hydrogen) atoms. The highest BCUT2D eigenvalue weighted by Gasteiger charge is 2.05. The van der Waals surface area contributed by atoms with Gasteiger partial charge in [-0.1, -0.05) is 11.3 Å². The fourth-order valence-corrected chi connectivity index (χ4v) is 2.06. The maximum absolute atomic E-state index is 13.1. The first-order chi connectivity index (χ1) is 7.15. The number of aromatic nitrogens is 1. The summed E-state index contributed by atoms with van der Waals surface area (Å²) in [4.78, 5) is 4.02. The van der Waals surface area contributed by atoms with Gasteiger partial charge in [0.1, 0.15) is 16.2 Å². The van der Waals surface area contributed by atoms with E-state index in [9.17, 15) is 4.39 Å². The van der Waals surface area contributed by atoms with E-state index in [1.54, 1.807) is 11.4 Å². The Kier molecular flexibility index (Phi) is 2.88. The molecule has 0 amide bonds. The van der Waals surface area contributed by atoms with Crippen molar-refractivity contribution in [3.05, 3.63) is 34.0 Å². The Morgan fingerprint density at radius 2 is 2.27 bits per heavy atom. The Bertz CT molecular complexity index is 489. The summed E-state index contributed by atoms with van der Waals surface area (Å²) in [5.74, 6) is -0.119. The van der Waals surface area contributed by atoms with E-state index in [-0.39, 0.29) is 5.69 Å². The molecule has 0 saturated carbocycles. The number of thiazole rings is 1. The lowest BCUT2D eigenvalue weighted by molar-refractivity contribution is 0.473. The lowest BCUT2D eigenvalue weighted by atomic mass is 10.3. The topological polar surface area (TPSA) is 48.1 Å². The van der Waals surface area contributed by atoms with E-state index in [1.807, 2.05) is 0 Å². The van der Waals surface area contributed by atoms with Crippen molar-refractivity contribution < 1.29 is 9.13 Å². The second-order valence-corrected chi connectivity index (χ2v) is 4.35. The van der Waals surface area contributed by atoms with Gasteiger partial charge in [0.15, 0.2) is 0 Å². The molecule has 0 saturated heterocycles. The molecule has 0 atom stereocenters. The molecule has 0 aliphatic heterocycles. The Labute approximate surface area is 97.8 Å². The number of hydrogen-bond acceptors (Lipinski definition) is 4. The highest BCUT2D eigenvalue weighted by Crippen LogP contribution is 2.28. The van der Waals surface area contributed by atoms with E-state index in [2.05, 4.69) is 20.9 Å². The van der Waals surface area contributed by atoms with E-state index in [4.69, 9.17) is 10.5 Å². The van der Waals surface area contributed by atoms with Crippen molar-refractivity contribution in [2.24, 2.45) is 0 Å². The number of rotatable bonds is 2. The van der Waals surface area contributed by atoms with Gasteiger partial charge in [-0.2, -0.15) is 4.98 Å². The molecule has 0 spiro atoms. The van der Waals surface area contributed by atoms with Crippen LogP contribution in [0.4, 0.5) is 10.1 Å². The monoisotopic (exact) mass is 288 g/mol. The molecular weight excluding hydrogens is 283 g/mol. The van der Waals surface area contributed by atoms with Gasteiger partial charge in [0.05, 0.1) is 5.69 Å². The molecule has 2 N–H and O–H groups in total. The molecule has 78 valence electrons. The first kappa shape index (κ1) is 10.4. The average Bonchev–Trinajstić information content (AvgIpc) is 2.58. The zero-order valence-electron chi connectivity index (χ0n) is 7.41. The summed E-state index contributed by atoms with van der Waals surface area (Å²) in [6.45, 7) is 0. The number of anilines is 1. The summed E-state index contributed by atoms with van der Waals surface area (Å²) in [7, 11) is 0. The molecule has 0 bridgehead atoms. The van der Waals surface area contributed by atoms with Gasteiger partial charge in [-0.05, 0) is 28.1 Å². The second kappa shape index (κ2) is 4.16. The van der Waals surface area contributed by atoms with Crippen LogP contribution >= 0.6 is 27.3 Å². The van der Waals surface area contributed by atoms with E-state index < -0.39 is 5.82 Å². The van der Waals surface area contributed by atoms with Crippen LogP contribution in [0, 0.1) is 5.82 Å². The molecule has 0 aliphatic rings. The van der Waals surface area contributed by atoms with Crippen LogP contribution in [0.5, 0.6) is 10.9 Å². The summed E-state index contributed by atoms with van der Waals surface area (Å²) >= 11 is 4.52. The van der Waals surface area contributed by atoms with Gasteiger partial charge in [-0.15, -0.1) is 0 Å². The van der Waals surface area contributed by atoms with Gasteiger partial charge in [0.2, 0.25) is 0 Å². The van der Waals surface area contributed by atoms with Crippen molar-refractivity contribution in [1.82, 2.24) is 4.98 Å². The molecule has 0 aliphatic carbocycles. The van der Waals surface area contributed by atoms with Crippen molar-refractivity contribution in [3.63, 3.8) is 0 Å². The number of hydrogen-bond donors (Lipinski definition) is 1. The quantitative estimate of drug-likeness (QED) is 0.862. The molecule has 1 aromatic carbocycles. The Morgan fingerprint density at radius 3 is 2.87 bits per heavy atom. The minimum atomic E-state index is -0.497. The number of nitrogens with zero attached hydrogens (tertiary/aromatic N) is 1. The summed E-state index contributed by atoms with van der Waals surface area (Å²) in [6.07, 6.45) is 0. The SMILES string of the molecule is Nc1ccc(Oc2nc(Br)cs2)cc1F. The lowest BCUT2D eigenvalue weighted by Crippen LogP contribution is -1.91. The third-order valence-corrected chi connectivity index (χ3v) is 3.06. The Balaban J connectivity index is 2.21. The molecule has 0 unspecified atom stereocenters. The number of halogens is 2. The lowest BCUT2D eigenvalue weighted by Gasteiger charge is -2.02. The van der Waals surface area contributed by atoms with E-state index in [0.29, 0.717) is 15.5 Å². The van der Waals surface area contributed by atoms with Crippen LogP contribution in [-0.4, -0.2) is 4.98 Å². The molecule has 6 heteroatoms. The predicted molar refractivity (Wildman–Crippen MR) is 60.7 cm³/mol. The van der Waals surface area contributed by atoms with Crippen molar-refractivity contribution >= 4 is 33.0 Å². The summed E-state index contributed by atoms with van der Waals surface area (Å²) in [6, 6.07) is 4.27. The highest BCUT2D eigenvalue weighted by molar-refractivity contribution is 9.10. The van der Waals surface area contributed by atoms with Gasteiger partial charge in [0.25, 0.3) is 5.19 Å². The van der Waals surface area contributed by atoms with Crippen molar-refractivity contribution in [2.75, 3.05) is 5.73 Å². The van der Waals surface area contributed by atoms with Crippen LogP contribution < -0.4 is 10.5 Å². The van der Waals surface area contributed by atoms with Gasteiger partial charge >= 0.3 is 0 Å². The molecule has 1 heterocycles. The van der Waals surface area contributed by atoms with Crippen LogP contribution in [0.1, 0.15) is 0 Å². The van der Waals surface area contributed by atoms with Crippen molar-refractivity contribution in [1.29, 1.82) is 0 Å². The summed E-state index contributed by atoms with van der Waals surface area (Å²) in [5, 5.41) is 2.23. The number of ether oxygens (including phenoxy) is 1. The van der Waals surface area contributed by atoms with Gasteiger partial charge in [-0.3, -0.25) is 0 Å². The smallest absolute Gasteiger partial charge is 0.279 e. The fourth-order valence-electron chi connectivity index (χ4n) is 0.958. The van der Waals surface area contributed by atoms with Crippen molar-refractivity contribution in [3.8, 4) is 10.9 Å². The van der Waals surface area contributed by atoms with E-state index in [0.717, 1.165) is 0 Å². The molecule has 0 fully saturated rings. The summed E-state index contributed by atoms with van der Waals surface area (Å²) in [5.41, 5.74) is 5.43. The fraction of sp³-hybridized carbons (Fsp3) is 0. The first-order valence-corrected chi connectivity index (χ1v) is 5.66. The van der Waals surface area contributed by atoms with Crippen LogP contribution in [-0.2, 0) is 0 Å². The maximum Gasteiger partial charge on any atom is 0.279 e. The molecule has 3 nitrogen and oxygen atoms in total. The van der Waals surface area contributed by atoms with E-state index in [1.165, 1.54) is 23.5 Å². The second-order valence-electron chi connectivity index (χ2n) is 2.72. The normalized spacial score (nSPS) is 10.3. The van der Waals surface area contributed by atoms with Gasteiger partial charge < -0.3 is 10.5 Å². The largest absolute Gasteiger partial charge is 0.431 e. The predicted octanol–water partition coefficient (Wildman–Crippen LogP) is 3.42. The Morgan fingerprint density at radius 1 is 1.47 bits per heavy atom. The highest BCUT2D eigenvalue weighted by atomic mass is 79.9. The first-order valence-electron chi connectivity index (χ1n) is 3.99. The minimum absolute atomic E-state index is 0.0997. The molecular formula is C9H6BrFN2OS. The Hall–Kier alpha value is -1.14. The molecule has 2 aromatic rings. The number of nitrogen functional groups attached to an aromatic ring is 1. The van der Waals surface area contributed by atoms with Gasteiger partial charge in [-0.25, -0.2) is 4.39 Å². The zero-order chi connectivity index (χ0) is 10.8. The number of nitrogens with two attached hydrogens (primary N) is 1. The third-order valence-electron chi connectivity index (χ3n) is 1.63. The molecule has 1 aromatic heterocycles. The zero-order valence-corrected chi connectivity index (χ0v) is 9.81. The standard InChI is InChI=1S/C9H6BrFN2OS/c10-8-4-15-9(13-8)14-5-1-2-7(12)6(11)3-5/h1-4H,12H2. The maximum atomic E-state index is 13.1. The van der Waals surface area contributed by atoms with Gasteiger partial charge in [0, 0.05) is 11.4 Å². The average molecular weight is 289 g/mol. The van der Waals surface area contributed by atoms with Crippen LogP contribution in [0.2, 0.25) is 0 Å². The van der Waals surface area contributed by atoms with Crippen molar-refractivity contribution in [2.45, 2.75) is 0 Å².